The number of nitrogens with zero attached hydrogens (tertiary/aromatic N) is 2. The molecule has 1 aromatic heterocycles. The second-order valence-corrected chi connectivity index (χ2v) is 6.73. The fourth-order valence-corrected chi connectivity index (χ4v) is 3.12. The Balaban J connectivity index is 1.86. The van der Waals surface area contributed by atoms with Crippen LogP contribution in [0.1, 0.15) is 35.8 Å². The molecule has 3 aromatic rings. The molecule has 0 radical (unpaired) electrons. The maximum absolute atomic E-state index is 14.3. The summed E-state index contributed by atoms with van der Waals surface area (Å²) in [6.45, 7) is 4.21. The molecule has 0 aliphatic carbocycles. The lowest BCUT2D eigenvalue weighted by Gasteiger charge is -2.17. The van der Waals surface area contributed by atoms with Crippen LogP contribution in [0, 0.1) is 11.6 Å². The second kappa shape index (κ2) is 8.94. The molecule has 158 valence electrons. The number of carbonyl (C=O) groups is 1. The van der Waals surface area contributed by atoms with Crippen LogP contribution in [0.4, 0.5) is 8.78 Å². The minimum Gasteiger partial charge on any atom is -0.493 e. The van der Waals surface area contributed by atoms with Gasteiger partial charge >= 0.3 is 0 Å². The standard InChI is InChI=1S/C22H23F2N3O3/c1-5-30-19-9-6-14(10-20(19)29-4)13(2)25-22(28)17-12-27(3)26-21(17)16-8-7-15(23)11-18(16)24/h6-13H,5H2,1-4H3,(H,25,28). The number of hydrogen-bond donors (Lipinski definition) is 1. The van der Waals surface area contributed by atoms with Gasteiger partial charge in [0.15, 0.2) is 11.5 Å². The van der Waals surface area contributed by atoms with Crippen molar-refractivity contribution >= 4 is 5.91 Å². The van der Waals surface area contributed by atoms with Gasteiger partial charge in [-0.05, 0) is 43.7 Å². The molecule has 0 spiro atoms. The lowest BCUT2D eigenvalue weighted by atomic mass is 10.0. The van der Waals surface area contributed by atoms with E-state index in [0.29, 0.717) is 18.1 Å². The van der Waals surface area contributed by atoms with Crippen LogP contribution >= 0.6 is 0 Å². The van der Waals surface area contributed by atoms with Crippen molar-refractivity contribution < 1.29 is 23.0 Å². The van der Waals surface area contributed by atoms with Crippen molar-refractivity contribution in [2.24, 2.45) is 7.05 Å². The number of carbonyl (C=O) groups excluding carboxylic acids is 1. The van der Waals surface area contributed by atoms with Gasteiger partial charge < -0.3 is 14.8 Å². The van der Waals surface area contributed by atoms with E-state index in [-0.39, 0.29) is 22.9 Å². The first-order valence-corrected chi connectivity index (χ1v) is 9.44. The van der Waals surface area contributed by atoms with Crippen LogP contribution in [-0.2, 0) is 7.05 Å². The number of halogens is 2. The zero-order valence-corrected chi connectivity index (χ0v) is 17.2. The minimum atomic E-state index is -0.785. The zero-order chi connectivity index (χ0) is 21.8. The Hall–Kier alpha value is -3.42. The first-order chi connectivity index (χ1) is 14.3. The fourth-order valence-electron chi connectivity index (χ4n) is 3.12. The summed E-state index contributed by atoms with van der Waals surface area (Å²) in [6.07, 6.45) is 1.50. The van der Waals surface area contributed by atoms with Gasteiger partial charge in [-0.15, -0.1) is 0 Å². The van der Waals surface area contributed by atoms with Crippen molar-refractivity contribution in [3.8, 4) is 22.8 Å². The van der Waals surface area contributed by atoms with Gasteiger partial charge in [-0.1, -0.05) is 6.07 Å². The number of hydrogen-bond acceptors (Lipinski definition) is 4. The van der Waals surface area contributed by atoms with Crippen LogP contribution in [0.5, 0.6) is 11.5 Å². The monoisotopic (exact) mass is 415 g/mol. The summed E-state index contributed by atoms with van der Waals surface area (Å²) in [6, 6.07) is 8.20. The van der Waals surface area contributed by atoms with Crippen molar-refractivity contribution in [2.45, 2.75) is 19.9 Å². The summed E-state index contributed by atoms with van der Waals surface area (Å²) >= 11 is 0. The van der Waals surface area contributed by atoms with Gasteiger partial charge in [-0.2, -0.15) is 5.10 Å². The summed E-state index contributed by atoms with van der Waals surface area (Å²) < 4.78 is 39.8. The second-order valence-electron chi connectivity index (χ2n) is 6.73. The zero-order valence-electron chi connectivity index (χ0n) is 17.2. The molecular weight excluding hydrogens is 392 g/mol. The van der Waals surface area contributed by atoms with Crippen molar-refractivity contribution in [2.75, 3.05) is 13.7 Å². The maximum Gasteiger partial charge on any atom is 0.255 e. The predicted molar refractivity (Wildman–Crippen MR) is 109 cm³/mol. The third kappa shape index (κ3) is 4.42. The van der Waals surface area contributed by atoms with Crippen LogP contribution in [0.25, 0.3) is 11.3 Å². The number of aromatic nitrogens is 2. The molecule has 30 heavy (non-hydrogen) atoms. The van der Waals surface area contributed by atoms with E-state index in [4.69, 9.17) is 9.47 Å². The van der Waals surface area contributed by atoms with E-state index >= 15 is 0 Å². The first-order valence-electron chi connectivity index (χ1n) is 9.44. The molecule has 0 bridgehead atoms. The first kappa shape index (κ1) is 21.3. The number of benzene rings is 2. The van der Waals surface area contributed by atoms with E-state index < -0.39 is 17.5 Å². The Morgan fingerprint density at radius 2 is 1.97 bits per heavy atom. The number of aryl methyl sites for hydroxylation is 1. The Morgan fingerprint density at radius 1 is 1.20 bits per heavy atom. The Labute approximate surface area is 173 Å². The average molecular weight is 415 g/mol. The summed E-state index contributed by atoms with van der Waals surface area (Å²) in [7, 11) is 3.17. The lowest BCUT2D eigenvalue weighted by molar-refractivity contribution is 0.0940. The van der Waals surface area contributed by atoms with Crippen LogP contribution < -0.4 is 14.8 Å². The SMILES string of the molecule is CCOc1ccc(C(C)NC(=O)c2cn(C)nc2-c2ccc(F)cc2F)cc1OC. The average Bonchev–Trinajstić information content (AvgIpc) is 3.10. The van der Waals surface area contributed by atoms with Gasteiger partial charge in [0.05, 0.1) is 25.3 Å². The summed E-state index contributed by atoms with van der Waals surface area (Å²) in [5.41, 5.74) is 1.19. The molecule has 1 atom stereocenters. The highest BCUT2D eigenvalue weighted by atomic mass is 19.1. The molecule has 6 nitrogen and oxygen atoms in total. The number of methoxy groups -OCH3 is 1. The predicted octanol–water partition coefficient (Wildman–Crippen LogP) is 4.26. The molecule has 0 saturated carbocycles. The molecule has 2 aromatic carbocycles. The van der Waals surface area contributed by atoms with Gasteiger partial charge in [-0.3, -0.25) is 9.48 Å². The van der Waals surface area contributed by atoms with E-state index in [9.17, 15) is 13.6 Å². The number of amides is 1. The minimum absolute atomic E-state index is 0.0533. The highest BCUT2D eigenvalue weighted by Crippen LogP contribution is 2.31. The summed E-state index contributed by atoms with van der Waals surface area (Å²) in [4.78, 5) is 12.9. The van der Waals surface area contributed by atoms with Gasteiger partial charge in [0.25, 0.3) is 5.91 Å². The van der Waals surface area contributed by atoms with E-state index in [0.717, 1.165) is 17.7 Å². The molecule has 0 aliphatic rings. The molecule has 0 saturated heterocycles. The highest BCUT2D eigenvalue weighted by molar-refractivity contribution is 6.00. The Morgan fingerprint density at radius 3 is 2.63 bits per heavy atom. The topological polar surface area (TPSA) is 65.4 Å². The van der Waals surface area contributed by atoms with E-state index in [1.54, 1.807) is 26.3 Å². The summed E-state index contributed by atoms with van der Waals surface area (Å²) in [5.74, 6) is -0.736. The normalized spacial score (nSPS) is 11.8. The van der Waals surface area contributed by atoms with E-state index in [1.165, 1.54) is 16.9 Å². The molecular formula is C22H23F2N3O3. The Kier molecular flexibility index (Phi) is 6.34. The molecule has 0 aliphatic heterocycles. The maximum atomic E-state index is 14.3. The van der Waals surface area contributed by atoms with Crippen LogP contribution in [0.3, 0.4) is 0 Å². The molecule has 1 heterocycles. The number of nitrogens with one attached hydrogen (secondary N) is 1. The largest absolute Gasteiger partial charge is 0.493 e. The third-order valence-electron chi connectivity index (χ3n) is 4.59. The van der Waals surface area contributed by atoms with Crippen molar-refractivity contribution in [1.29, 1.82) is 0 Å². The number of rotatable bonds is 7. The van der Waals surface area contributed by atoms with E-state index in [1.807, 2.05) is 19.9 Å². The quantitative estimate of drug-likeness (QED) is 0.626. The molecule has 8 heteroatoms. The molecule has 1 unspecified atom stereocenters. The smallest absolute Gasteiger partial charge is 0.255 e. The molecule has 3 rings (SSSR count). The van der Waals surface area contributed by atoms with Gasteiger partial charge in [0, 0.05) is 24.9 Å². The van der Waals surface area contributed by atoms with Crippen molar-refractivity contribution in [3.63, 3.8) is 0 Å². The van der Waals surface area contributed by atoms with Gasteiger partial charge in [-0.25, -0.2) is 8.78 Å². The Bertz CT molecular complexity index is 1070. The van der Waals surface area contributed by atoms with E-state index in [2.05, 4.69) is 10.4 Å². The van der Waals surface area contributed by atoms with Crippen LogP contribution in [0.15, 0.2) is 42.6 Å². The lowest BCUT2D eigenvalue weighted by Crippen LogP contribution is -2.27. The molecule has 0 fully saturated rings. The van der Waals surface area contributed by atoms with Crippen molar-refractivity contribution in [1.82, 2.24) is 15.1 Å². The molecule has 1 N–H and O–H groups in total. The number of ether oxygens (including phenoxy) is 2. The van der Waals surface area contributed by atoms with Crippen LogP contribution in [0.2, 0.25) is 0 Å². The van der Waals surface area contributed by atoms with Gasteiger partial charge in [0.1, 0.15) is 17.3 Å². The highest BCUT2D eigenvalue weighted by Gasteiger charge is 2.22. The molecule has 1 amide bonds. The van der Waals surface area contributed by atoms with Crippen molar-refractivity contribution in [3.05, 3.63) is 65.4 Å². The fraction of sp³-hybridized carbons (Fsp3) is 0.273. The summed E-state index contributed by atoms with van der Waals surface area (Å²) in [5, 5.41) is 7.07. The third-order valence-corrected chi connectivity index (χ3v) is 4.59. The van der Waals surface area contributed by atoms with Crippen LogP contribution in [-0.4, -0.2) is 29.4 Å². The van der Waals surface area contributed by atoms with Gasteiger partial charge in [0.2, 0.25) is 0 Å².